The van der Waals surface area contributed by atoms with Gasteiger partial charge in [0.05, 0.1) is 18.4 Å². The largest absolute Gasteiger partial charge is 0.481 e. The van der Waals surface area contributed by atoms with Crippen molar-refractivity contribution in [2.45, 2.75) is 26.3 Å². The number of aliphatic carboxylic acids is 1. The molecule has 24 heavy (non-hydrogen) atoms. The van der Waals surface area contributed by atoms with Crippen molar-refractivity contribution in [3.05, 3.63) is 35.4 Å². The summed E-state index contributed by atoms with van der Waals surface area (Å²) in [6, 6.07) is 1.90. The molecule has 2 amide bonds. The van der Waals surface area contributed by atoms with Crippen molar-refractivity contribution in [2.75, 3.05) is 13.6 Å². The summed E-state index contributed by atoms with van der Waals surface area (Å²) in [5.74, 6) is -4.39. The highest BCUT2D eigenvalue weighted by Gasteiger charge is 2.24. The monoisotopic (exact) mass is 342 g/mol. The molecule has 2 unspecified atom stereocenters. The third-order valence-electron chi connectivity index (χ3n) is 3.49. The van der Waals surface area contributed by atoms with Gasteiger partial charge in [-0.1, -0.05) is 13.0 Å². The highest BCUT2D eigenvalue weighted by Crippen LogP contribution is 2.22. The molecule has 2 atom stereocenters. The van der Waals surface area contributed by atoms with Crippen LogP contribution in [0.4, 0.5) is 8.78 Å². The standard InChI is InChI=1S/C16H20F2N2O4/c1-9(16(23)24)8-20(3)15(22)7-14(19-10(2)21)12-5-4-11(17)6-13(12)18/h4-6,9,14H,7-8H2,1-3H3,(H,19,21)(H,23,24). The van der Waals surface area contributed by atoms with E-state index in [-0.39, 0.29) is 18.5 Å². The molecule has 132 valence electrons. The van der Waals surface area contributed by atoms with Crippen LogP contribution in [0.1, 0.15) is 31.9 Å². The van der Waals surface area contributed by atoms with E-state index < -0.39 is 41.4 Å². The first kappa shape index (κ1) is 19.5. The van der Waals surface area contributed by atoms with Gasteiger partial charge in [-0.05, 0) is 6.07 Å². The van der Waals surface area contributed by atoms with Crippen LogP contribution in [0.5, 0.6) is 0 Å². The zero-order valence-corrected chi connectivity index (χ0v) is 13.7. The summed E-state index contributed by atoms with van der Waals surface area (Å²) in [7, 11) is 1.42. The predicted molar refractivity (Wildman–Crippen MR) is 82.0 cm³/mol. The normalized spacial score (nSPS) is 13.0. The minimum atomic E-state index is -1.04. The van der Waals surface area contributed by atoms with Crippen LogP contribution in [0.3, 0.4) is 0 Å². The molecule has 1 aromatic carbocycles. The second-order valence-electron chi connectivity index (χ2n) is 5.64. The number of nitrogens with zero attached hydrogens (tertiary/aromatic N) is 1. The smallest absolute Gasteiger partial charge is 0.308 e. The highest BCUT2D eigenvalue weighted by atomic mass is 19.1. The van der Waals surface area contributed by atoms with E-state index in [1.807, 2.05) is 0 Å². The van der Waals surface area contributed by atoms with Gasteiger partial charge in [0.2, 0.25) is 11.8 Å². The maximum atomic E-state index is 13.9. The first-order valence-corrected chi connectivity index (χ1v) is 7.30. The van der Waals surface area contributed by atoms with Gasteiger partial charge in [-0.3, -0.25) is 14.4 Å². The van der Waals surface area contributed by atoms with Crippen molar-refractivity contribution in [2.24, 2.45) is 5.92 Å². The van der Waals surface area contributed by atoms with Crippen molar-refractivity contribution in [1.29, 1.82) is 0 Å². The molecule has 0 fully saturated rings. The SMILES string of the molecule is CC(=O)NC(CC(=O)N(C)CC(C)C(=O)O)c1ccc(F)cc1F. The van der Waals surface area contributed by atoms with Gasteiger partial charge in [0.1, 0.15) is 11.6 Å². The van der Waals surface area contributed by atoms with Crippen LogP contribution in [0.25, 0.3) is 0 Å². The summed E-state index contributed by atoms with van der Waals surface area (Å²) in [6.45, 7) is 2.65. The van der Waals surface area contributed by atoms with Crippen molar-refractivity contribution >= 4 is 17.8 Å². The molecular weight excluding hydrogens is 322 g/mol. The fourth-order valence-electron chi connectivity index (χ4n) is 2.19. The first-order chi connectivity index (χ1) is 11.1. The van der Waals surface area contributed by atoms with E-state index in [4.69, 9.17) is 5.11 Å². The summed E-state index contributed by atoms with van der Waals surface area (Å²) < 4.78 is 26.9. The van der Waals surface area contributed by atoms with Crippen molar-refractivity contribution < 1.29 is 28.3 Å². The Balaban J connectivity index is 2.91. The van der Waals surface area contributed by atoms with Crippen LogP contribution in [-0.2, 0) is 14.4 Å². The van der Waals surface area contributed by atoms with Gasteiger partial charge in [0.15, 0.2) is 0 Å². The molecule has 0 aliphatic rings. The van der Waals surface area contributed by atoms with E-state index in [1.165, 1.54) is 31.9 Å². The lowest BCUT2D eigenvalue weighted by atomic mass is 10.0. The molecule has 0 heterocycles. The number of hydrogen-bond acceptors (Lipinski definition) is 3. The Morgan fingerprint density at radius 3 is 2.42 bits per heavy atom. The van der Waals surface area contributed by atoms with Crippen LogP contribution >= 0.6 is 0 Å². The Kier molecular flexibility index (Phi) is 6.82. The number of carboxylic acid groups (broad SMARTS) is 1. The summed E-state index contributed by atoms with van der Waals surface area (Å²) in [5, 5.41) is 11.3. The summed E-state index contributed by atoms with van der Waals surface area (Å²) in [5.41, 5.74) is -0.0142. The molecule has 0 radical (unpaired) electrons. The molecule has 0 bridgehead atoms. The Morgan fingerprint density at radius 1 is 1.29 bits per heavy atom. The third-order valence-corrected chi connectivity index (χ3v) is 3.49. The first-order valence-electron chi connectivity index (χ1n) is 7.30. The quantitative estimate of drug-likeness (QED) is 0.790. The van der Waals surface area contributed by atoms with Crippen molar-refractivity contribution in [1.82, 2.24) is 10.2 Å². The van der Waals surface area contributed by atoms with E-state index >= 15 is 0 Å². The zero-order chi connectivity index (χ0) is 18.4. The lowest BCUT2D eigenvalue weighted by Gasteiger charge is -2.24. The topological polar surface area (TPSA) is 86.7 Å². The van der Waals surface area contributed by atoms with Gasteiger partial charge >= 0.3 is 5.97 Å². The lowest BCUT2D eigenvalue weighted by molar-refractivity contribution is -0.142. The number of carboxylic acids is 1. The number of carbonyl (C=O) groups is 3. The molecule has 0 aliphatic heterocycles. The number of nitrogens with one attached hydrogen (secondary N) is 1. The van der Waals surface area contributed by atoms with Gasteiger partial charge in [0, 0.05) is 32.1 Å². The number of benzene rings is 1. The summed E-state index contributed by atoms with van der Waals surface area (Å²) in [4.78, 5) is 35.6. The highest BCUT2D eigenvalue weighted by molar-refractivity contribution is 5.79. The second-order valence-corrected chi connectivity index (χ2v) is 5.64. The van der Waals surface area contributed by atoms with Crippen LogP contribution in [0, 0.1) is 17.6 Å². The Labute approximate surface area is 138 Å². The average Bonchev–Trinajstić information content (AvgIpc) is 2.45. The minimum absolute atomic E-state index is 0.0142. The van der Waals surface area contributed by atoms with Gasteiger partial charge in [-0.2, -0.15) is 0 Å². The average molecular weight is 342 g/mol. The third kappa shape index (κ3) is 5.60. The fourth-order valence-corrected chi connectivity index (χ4v) is 2.19. The second kappa shape index (κ2) is 8.37. The minimum Gasteiger partial charge on any atom is -0.481 e. The molecule has 0 spiro atoms. The molecule has 0 saturated heterocycles. The molecule has 2 N–H and O–H groups in total. The molecule has 8 heteroatoms. The number of hydrogen-bond donors (Lipinski definition) is 2. The van der Waals surface area contributed by atoms with Crippen LogP contribution in [-0.4, -0.2) is 41.4 Å². The predicted octanol–water partition coefficient (Wildman–Crippen LogP) is 1.71. The molecule has 6 nitrogen and oxygen atoms in total. The zero-order valence-electron chi connectivity index (χ0n) is 13.7. The Bertz CT molecular complexity index is 637. The number of amides is 2. The lowest BCUT2D eigenvalue weighted by Crippen LogP contribution is -2.37. The Hall–Kier alpha value is -2.51. The van der Waals surface area contributed by atoms with Gasteiger partial charge in [-0.15, -0.1) is 0 Å². The maximum Gasteiger partial charge on any atom is 0.308 e. The maximum absolute atomic E-state index is 13.9. The van der Waals surface area contributed by atoms with Gasteiger partial charge in [0.25, 0.3) is 0 Å². The van der Waals surface area contributed by atoms with Crippen molar-refractivity contribution in [3.63, 3.8) is 0 Å². The van der Waals surface area contributed by atoms with Crippen LogP contribution < -0.4 is 5.32 Å². The fraction of sp³-hybridized carbons (Fsp3) is 0.438. The number of carbonyl (C=O) groups excluding carboxylic acids is 2. The van der Waals surface area contributed by atoms with Gasteiger partial charge < -0.3 is 15.3 Å². The van der Waals surface area contributed by atoms with Crippen molar-refractivity contribution in [3.8, 4) is 0 Å². The number of halogens is 2. The molecule has 0 aliphatic carbocycles. The summed E-state index contributed by atoms with van der Waals surface area (Å²) in [6.07, 6.45) is -0.273. The molecule has 0 saturated carbocycles. The Morgan fingerprint density at radius 2 is 1.92 bits per heavy atom. The molecule has 1 aromatic rings. The number of rotatable bonds is 7. The van der Waals surface area contributed by atoms with E-state index in [0.29, 0.717) is 6.07 Å². The van der Waals surface area contributed by atoms with Crippen LogP contribution in [0.2, 0.25) is 0 Å². The van der Waals surface area contributed by atoms with E-state index in [0.717, 1.165) is 6.07 Å². The molecule has 0 aromatic heterocycles. The van der Waals surface area contributed by atoms with E-state index in [1.54, 1.807) is 0 Å². The molecular formula is C16H20F2N2O4. The van der Waals surface area contributed by atoms with Crippen LogP contribution in [0.15, 0.2) is 18.2 Å². The van der Waals surface area contributed by atoms with Gasteiger partial charge in [-0.25, -0.2) is 8.78 Å². The van der Waals surface area contributed by atoms with E-state index in [9.17, 15) is 23.2 Å². The summed E-state index contributed by atoms with van der Waals surface area (Å²) >= 11 is 0. The molecule has 1 rings (SSSR count). The van der Waals surface area contributed by atoms with E-state index in [2.05, 4.69) is 5.32 Å².